The van der Waals surface area contributed by atoms with Gasteiger partial charge in [0, 0.05) is 0 Å². The van der Waals surface area contributed by atoms with Gasteiger partial charge in [-0.15, -0.1) is 10.2 Å². The monoisotopic (exact) mass is 226 g/mol. The van der Waals surface area contributed by atoms with E-state index in [0.717, 1.165) is 30.7 Å². The van der Waals surface area contributed by atoms with Crippen LogP contribution in [-0.4, -0.2) is 21.6 Å². The van der Waals surface area contributed by atoms with E-state index < -0.39 is 5.54 Å². The lowest BCUT2D eigenvalue weighted by Crippen LogP contribution is -2.56. The predicted octanol–water partition coefficient (Wildman–Crippen LogP) is 0.920. The van der Waals surface area contributed by atoms with Gasteiger partial charge in [0.1, 0.15) is 5.01 Å². The number of rotatable bonds is 3. The molecule has 0 aromatic carbocycles. The number of carbonyl (C=O) groups excluding carboxylic acids is 1. The fraction of sp³-hybridized carbons (Fsp3) is 0.667. The van der Waals surface area contributed by atoms with Crippen molar-refractivity contribution in [2.75, 3.05) is 5.32 Å². The molecule has 82 valence electrons. The minimum absolute atomic E-state index is 0.132. The number of nitrogens with two attached hydrogens (primary N) is 1. The molecule has 1 fully saturated rings. The maximum atomic E-state index is 11.7. The van der Waals surface area contributed by atoms with E-state index in [1.54, 1.807) is 0 Å². The molecule has 1 heterocycles. The maximum absolute atomic E-state index is 11.7. The Bertz CT molecular complexity index is 372. The molecule has 0 aliphatic heterocycles. The highest BCUT2D eigenvalue weighted by molar-refractivity contribution is 7.15. The fourth-order valence-electron chi connectivity index (χ4n) is 1.45. The van der Waals surface area contributed by atoms with E-state index in [9.17, 15) is 4.79 Å². The Morgan fingerprint density at radius 3 is 2.80 bits per heavy atom. The number of hydrogen-bond acceptors (Lipinski definition) is 5. The normalized spacial score (nSPS) is 18.3. The smallest absolute Gasteiger partial charge is 0.246 e. The number of amides is 1. The van der Waals surface area contributed by atoms with Crippen LogP contribution in [0.15, 0.2) is 0 Å². The lowest BCUT2D eigenvalue weighted by molar-refractivity contribution is -0.123. The maximum Gasteiger partial charge on any atom is 0.246 e. The Kier molecular flexibility index (Phi) is 2.70. The van der Waals surface area contributed by atoms with Gasteiger partial charge in [0.25, 0.3) is 0 Å². The van der Waals surface area contributed by atoms with E-state index in [0.29, 0.717) is 5.13 Å². The van der Waals surface area contributed by atoms with E-state index in [4.69, 9.17) is 5.73 Å². The SMILES string of the molecule is CCc1nnc(NC(=O)C2(N)CCC2)s1. The Balaban J connectivity index is 1.99. The number of hydrogen-bond donors (Lipinski definition) is 2. The van der Waals surface area contributed by atoms with E-state index in [1.165, 1.54) is 11.3 Å². The molecule has 1 aromatic rings. The molecule has 0 spiro atoms. The molecule has 0 unspecified atom stereocenters. The van der Waals surface area contributed by atoms with Crippen molar-refractivity contribution in [1.82, 2.24) is 10.2 Å². The van der Waals surface area contributed by atoms with Crippen LogP contribution in [0.2, 0.25) is 0 Å². The van der Waals surface area contributed by atoms with E-state index in [1.807, 2.05) is 6.92 Å². The second-order valence-corrected chi connectivity index (χ2v) is 4.88. The van der Waals surface area contributed by atoms with Crippen LogP contribution < -0.4 is 11.1 Å². The molecule has 15 heavy (non-hydrogen) atoms. The number of nitrogens with one attached hydrogen (secondary N) is 1. The van der Waals surface area contributed by atoms with Crippen LogP contribution >= 0.6 is 11.3 Å². The molecule has 6 heteroatoms. The van der Waals surface area contributed by atoms with Crippen LogP contribution in [0, 0.1) is 0 Å². The summed E-state index contributed by atoms with van der Waals surface area (Å²) >= 11 is 1.40. The van der Waals surface area contributed by atoms with Gasteiger partial charge in [-0.3, -0.25) is 10.1 Å². The molecule has 0 atom stereocenters. The second kappa shape index (κ2) is 3.86. The number of aromatic nitrogens is 2. The van der Waals surface area contributed by atoms with Crippen molar-refractivity contribution in [3.8, 4) is 0 Å². The fourth-order valence-corrected chi connectivity index (χ4v) is 2.13. The van der Waals surface area contributed by atoms with Crippen LogP contribution in [0.4, 0.5) is 5.13 Å². The summed E-state index contributed by atoms with van der Waals surface area (Å²) < 4.78 is 0. The summed E-state index contributed by atoms with van der Waals surface area (Å²) in [6.45, 7) is 2.00. The molecule has 3 N–H and O–H groups in total. The summed E-state index contributed by atoms with van der Waals surface area (Å²) in [5, 5.41) is 12.0. The van der Waals surface area contributed by atoms with Crippen molar-refractivity contribution >= 4 is 22.4 Å². The second-order valence-electron chi connectivity index (χ2n) is 3.82. The molecule has 1 aromatic heterocycles. The molecule has 0 saturated heterocycles. The molecular formula is C9H14N4OS. The van der Waals surface area contributed by atoms with Crippen LogP contribution in [0.3, 0.4) is 0 Å². The lowest BCUT2D eigenvalue weighted by atomic mass is 9.77. The number of aryl methyl sites for hydroxylation is 1. The van der Waals surface area contributed by atoms with Crippen LogP contribution in [0.5, 0.6) is 0 Å². The first-order valence-electron chi connectivity index (χ1n) is 5.07. The average Bonchev–Trinajstić information content (AvgIpc) is 2.61. The highest BCUT2D eigenvalue weighted by Crippen LogP contribution is 2.30. The topological polar surface area (TPSA) is 80.9 Å². The summed E-state index contributed by atoms with van der Waals surface area (Å²) in [5.74, 6) is -0.132. The highest BCUT2D eigenvalue weighted by Gasteiger charge is 2.40. The zero-order chi connectivity index (χ0) is 10.9. The Morgan fingerprint density at radius 2 is 2.33 bits per heavy atom. The van der Waals surface area contributed by atoms with E-state index in [2.05, 4.69) is 15.5 Å². The van der Waals surface area contributed by atoms with Gasteiger partial charge in [-0.1, -0.05) is 18.3 Å². The zero-order valence-electron chi connectivity index (χ0n) is 8.62. The number of nitrogens with zero attached hydrogens (tertiary/aromatic N) is 2. The van der Waals surface area contributed by atoms with Crippen molar-refractivity contribution in [1.29, 1.82) is 0 Å². The van der Waals surface area contributed by atoms with Crippen LogP contribution in [0.25, 0.3) is 0 Å². The molecule has 1 saturated carbocycles. The zero-order valence-corrected chi connectivity index (χ0v) is 9.43. The first-order chi connectivity index (χ1) is 7.14. The third kappa shape index (κ3) is 2.00. The summed E-state index contributed by atoms with van der Waals surface area (Å²) in [4.78, 5) is 11.7. The predicted molar refractivity (Wildman–Crippen MR) is 58.7 cm³/mol. The molecule has 5 nitrogen and oxygen atoms in total. The highest BCUT2D eigenvalue weighted by atomic mass is 32.1. The number of carbonyl (C=O) groups is 1. The first-order valence-corrected chi connectivity index (χ1v) is 5.88. The third-order valence-electron chi connectivity index (χ3n) is 2.69. The van der Waals surface area contributed by atoms with Gasteiger partial charge in [-0.25, -0.2) is 0 Å². The van der Waals surface area contributed by atoms with Gasteiger partial charge in [-0.05, 0) is 25.7 Å². The standard InChI is InChI=1S/C9H14N4OS/c1-2-6-12-13-8(15-6)11-7(14)9(10)4-3-5-9/h2-5,10H2,1H3,(H,11,13,14). The largest absolute Gasteiger partial charge is 0.317 e. The summed E-state index contributed by atoms with van der Waals surface area (Å²) in [7, 11) is 0. The van der Waals surface area contributed by atoms with Crippen LogP contribution in [-0.2, 0) is 11.2 Å². The van der Waals surface area contributed by atoms with Crippen molar-refractivity contribution in [2.45, 2.75) is 38.1 Å². The van der Waals surface area contributed by atoms with Gasteiger partial charge < -0.3 is 5.73 Å². The van der Waals surface area contributed by atoms with Crippen molar-refractivity contribution < 1.29 is 4.79 Å². The molecule has 1 aliphatic carbocycles. The molecule has 1 aliphatic rings. The minimum atomic E-state index is -0.669. The summed E-state index contributed by atoms with van der Waals surface area (Å²) in [6.07, 6.45) is 3.39. The first kappa shape index (κ1) is 10.5. The summed E-state index contributed by atoms with van der Waals surface area (Å²) in [5.41, 5.74) is 5.21. The molecular weight excluding hydrogens is 212 g/mol. The Hall–Kier alpha value is -1.01. The molecule has 0 radical (unpaired) electrons. The van der Waals surface area contributed by atoms with Gasteiger partial charge >= 0.3 is 0 Å². The van der Waals surface area contributed by atoms with Crippen molar-refractivity contribution in [2.24, 2.45) is 5.73 Å². The molecule has 1 amide bonds. The quantitative estimate of drug-likeness (QED) is 0.803. The van der Waals surface area contributed by atoms with Crippen molar-refractivity contribution in [3.63, 3.8) is 0 Å². The van der Waals surface area contributed by atoms with Gasteiger partial charge in [0.15, 0.2) is 0 Å². The number of anilines is 1. The lowest BCUT2D eigenvalue weighted by Gasteiger charge is -2.35. The van der Waals surface area contributed by atoms with Gasteiger partial charge in [0.2, 0.25) is 11.0 Å². The van der Waals surface area contributed by atoms with E-state index >= 15 is 0 Å². The Morgan fingerprint density at radius 1 is 1.60 bits per heavy atom. The molecule has 0 bridgehead atoms. The van der Waals surface area contributed by atoms with Gasteiger partial charge in [-0.2, -0.15) is 0 Å². The van der Waals surface area contributed by atoms with Crippen LogP contribution in [0.1, 0.15) is 31.2 Å². The Labute approximate surface area is 92.1 Å². The minimum Gasteiger partial charge on any atom is -0.317 e. The average molecular weight is 226 g/mol. The van der Waals surface area contributed by atoms with Gasteiger partial charge in [0.05, 0.1) is 5.54 Å². The summed E-state index contributed by atoms with van der Waals surface area (Å²) in [6, 6.07) is 0. The van der Waals surface area contributed by atoms with E-state index in [-0.39, 0.29) is 5.91 Å². The molecule has 2 rings (SSSR count). The third-order valence-corrected chi connectivity index (χ3v) is 3.67. The van der Waals surface area contributed by atoms with Crippen molar-refractivity contribution in [3.05, 3.63) is 5.01 Å².